The standard InChI is InChI=1S/C12H17NO4S/c1-8-9(2)12(18(13,14)15)4-3-11(8)17-10-5-6-16-7-10/h3-4,10H,5-7H2,1-2H3,(H2,13,14,15). The summed E-state index contributed by atoms with van der Waals surface area (Å²) in [6.07, 6.45) is 0.901. The first kappa shape index (κ1) is 13.3. The van der Waals surface area contributed by atoms with Crippen molar-refractivity contribution in [3.05, 3.63) is 23.3 Å². The molecule has 6 heteroatoms. The molecule has 0 aliphatic carbocycles. The van der Waals surface area contributed by atoms with Crippen LogP contribution in [-0.2, 0) is 14.8 Å². The van der Waals surface area contributed by atoms with E-state index in [4.69, 9.17) is 14.6 Å². The predicted molar refractivity (Wildman–Crippen MR) is 67.1 cm³/mol. The SMILES string of the molecule is Cc1c(OC2CCOC2)ccc(S(N)(=O)=O)c1C. The first-order valence-electron chi connectivity index (χ1n) is 5.77. The largest absolute Gasteiger partial charge is 0.488 e. The van der Waals surface area contributed by atoms with Gasteiger partial charge in [-0.05, 0) is 37.1 Å². The zero-order valence-corrected chi connectivity index (χ0v) is 11.3. The Bertz CT molecular complexity index is 547. The number of sulfonamides is 1. The Kier molecular flexibility index (Phi) is 3.61. The summed E-state index contributed by atoms with van der Waals surface area (Å²) in [7, 11) is -3.68. The van der Waals surface area contributed by atoms with Gasteiger partial charge in [0.2, 0.25) is 10.0 Å². The maximum absolute atomic E-state index is 11.4. The highest BCUT2D eigenvalue weighted by atomic mass is 32.2. The molecule has 1 saturated heterocycles. The lowest BCUT2D eigenvalue weighted by atomic mass is 10.1. The molecule has 2 rings (SSSR count). The molecule has 0 amide bonds. The number of rotatable bonds is 3. The first-order chi connectivity index (χ1) is 8.39. The van der Waals surface area contributed by atoms with Crippen LogP contribution < -0.4 is 9.88 Å². The van der Waals surface area contributed by atoms with E-state index < -0.39 is 10.0 Å². The van der Waals surface area contributed by atoms with Crippen molar-refractivity contribution < 1.29 is 17.9 Å². The summed E-state index contributed by atoms with van der Waals surface area (Å²) in [5.41, 5.74) is 1.43. The first-order valence-corrected chi connectivity index (χ1v) is 7.31. The van der Waals surface area contributed by atoms with Gasteiger partial charge < -0.3 is 9.47 Å². The van der Waals surface area contributed by atoms with Crippen LogP contribution in [0.3, 0.4) is 0 Å². The molecule has 1 aliphatic rings. The van der Waals surface area contributed by atoms with Crippen LogP contribution in [-0.4, -0.2) is 27.7 Å². The molecule has 5 nitrogen and oxygen atoms in total. The van der Waals surface area contributed by atoms with Gasteiger partial charge in [0.25, 0.3) is 0 Å². The second kappa shape index (κ2) is 4.87. The molecule has 1 aromatic rings. The van der Waals surface area contributed by atoms with Crippen LogP contribution in [0.15, 0.2) is 17.0 Å². The van der Waals surface area contributed by atoms with Crippen molar-refractivity contribution in [2.24, 2.45) is 5.14 Å². The highest BCUT2D eigenvalue weighted by Crippen LogP contribution is 2.28. The lowest BCUT2D eigenvalue weighted by molar-refractivity contribution is 0.141. The average Bonchev–Trinajstić information content (AvgIpc) is 2.76. The number of ether oxygens (including phenoxy) is 2. The van der Waals surface area contributed by atoms with Crippen LogP contribution in [0, 0.1) is 13.8 Å². The van der Waals surface area contributed by atoms with Crippen molar-refractivity contribution in [3.8, 4) is 5.75 Å². The third-order valence-corrected chi connectivity index (χ3v) is 4.23. The van der Waals surface area contributed by atoms with E-state index in [-0.39, 0.29) is 11.0 Å². The molecule has 0 aromatic heterocycles. The molecule has 1 aromatic carbocycles. The van der Waals surface area contributed by atoms with Gasteiger partial charge >= 0.3 is 0 Å². The van der Waals surface area contributed by atoms with E-state index in [1.807, 2.05) is 6.92 Å². The lowest BCUT2D eigenvalue weighted by Crippen LogP contribution is -2.18. The molecule has 0 spiro atoms. The molecule has 18 heavy (non-hydrogen) atoms. The lowest BCUT2D eigenvalue weighted by Gasteiger charge is -2.16. The van der Waals surface area contributed by atoms with Gasteiger partial charge in [-0.1, -0.05) is 0 Å². The molecule has 0 radical (unpaired) electrons. The summed E-state index contributed by atoms with van der Waals surface area (Å²) in [6, 6.07) is 3.14. The Morgan fingerprint density at radius 2 is 2.06 bits per heavy atom. The Balaban J connectivity index is 2.31. The van der Waals surface area contributed by atoms with E-state index in [2.05, 4.69) is 0 Å². The molecule has 0 bridgehead atoms. The molecular formula is C12H17NO4S. The fourth-order valence-electron chi connectivity index (χ4n) is 1.99. The van der Waals surface area contributed by atoms with Crippen LogP contribution >= 0.6 is 0 Å². The van der Waals surface area contributed by atoms with Crippen molar-refractivity contribution in [3.63, 3.8) is 0 Å². The van der Waals surface area contributed by atoms with Crippen molar-refractivity contribution in [2.45, 2.75) is 31.3 Å². The fourth-order valence-corrected chi connectivity index (χ4v) is 2.83. The van der Waals surface area contributed by atoms with Gasteiger partial charge in [0.1, 0.15) is 11.9 Å². The van der Waals surface area contributed by atoms with Crippen molar-refractivity contribution in [1.82, 2.24) is 0 Å². The van der Waals surface area contributed by atoms with Gasteiger partial charge in [-0.25, -0.2) is 13.6 Å². The summed E-state index contributed by atoms with van der Waals surface area (Å²) in [6.45, 7) is 4.84. The zero-order chi connectivity index (χ0) is 13.3. The van der Waals surface area contributed by atoms with Gasteiger partial charge in [0, 0.05) is 6.42 Å². The maximum atomic E-state index is 11.4. The van der Waals surface area contributed by atoms with Crippen molar-refractivity contribution in [1.29, 1.82) is 0 Å². The summed E-state index contributed by atoms with van der Waals surface area (Å²) in [5.74, 6) is 0.690. The van der Waals surface area contributed by atoms with Crippen LogP contribution in [0.2, 0.25) is 0 Å². The monoisotopic (exact) mass is 271 g/mol. The second-order valence-electron chi connectivity index (χ2n) is 4.46. The van der Waals surface area contributed by atoms with E-state index in [0.717, 1.165) is 12.0 Å². The molecule has 1 heterocycles. The second-order valence-corrected chi connectivity index (χ2v) is 5.99. The van der Waals surface area contributed by atoms with E-state index in [1.165, 1.54) is 6.07 Å². The normalized spacial score (nSPS) is 20.1. The van der Waals surface area contributed by atoms with E-state index in [9.17, 15) is 8.42 Å². The summed E-state index contributed by atoms with van der Waals surface area (Å²) in [4.78, 5) is 0.148. The highest BCUT2D eigenvalue weighted by molar-refractivity contribution is 7.89. The van der Waals surface area contributed by atoms with E-state index in [1.54, 1.807) is 13.0 Å². The number of benzene rings is 1. The minimum atomic E-state index is -3.68. The summed E-state index contributed by atoms with van der Waals surface area (Å²) >= 11 is 0. The van der Waals surface area contributed by atoms with Crippen LogP contribution in [0.25, 0.3) is 0 Å². The quantitative estimate of drug-likeness (QED) is 0.893. The molecule has 1 fully saturated rings. The number of hydrogen-bond donors (Lipinski definition) is 1. The Morgan fingerprint density at radius 3 is 2.61 bits per heavy atom. The minimum Gasteiger partial charge on any atom is -0.488 e. The van der Waals surface area contributed by atoms with Gasteiger partial charge in [-0.3, -0.25) is 0 Å². The third kappa shape index (κ3) is 2.66. The number of nitrogens with two attached hydrogens (primary N) is 1. The smallest absolute Gasteiger partial charge is 0.238 e. The number of primary sulfonamides is 1. The summed E-state index contributed by atoms with van der Waals surface area (Å²) in [5, 5.41) is 5.15. The number of hydrogen-bond acceptors (Lipinski definition) is 4. The molecule has 2 N–H and O–H groups in total. The zero-order valence-electron chi connectivity index (χ0n) is 10.5. The molecule has 1 unspecified atom stereocenters. The predicted octanol–water partition coefficient (Wildman–Crippen LogP) is 1.12. The third-order valence-electron chi connectivity index (χ3n) is 3.18. The maximum Gasteiger partial charge on any atom is 0.238 e. The Hall–Kier alpha value is -1.11. The summed E-state index contributed by atoms with van der Waals surface area (Å²) < 4.78 is 33.8. The fraction of sp³-hybridized carbons (Fsp3) is 0.500. The average molecular weight is 271 g/mol. The van der Waals surface area contributed by atoms with Crippen molar-refractivity contribution in [2.75, 3.05) is 13.2 Å². The van der Waals surface area contributed by atoms with Crippen LogP contribution in [0.4, 0.5) is 0 Å². The highest BCUT2D eigenvalue weighted by Gasteiger charge is 2.20. The van der Waals surface area contributed by atoms with E-state index in [0.29, 0.717) is 24.5 Å². The molecule has 1 aliphatic heterocycles. The van der Waals surface area contributed by atoms with Gasteiger partial charge in [-0.15, -0.1) is 0 Å². The van der Waals surface area contributed by atoms with E-state index >= 15 is 0 Å². The molecule has 0 saturated carbocycles. The van der Waals surface area contributed by atoms with Crippen molar-refractivity contribution >= 4 is 10.0 Å². The topological polar surface area (TPSA) is 78.6 Å². The minimum absolute atomic E-state index is 0.0448. The molecule has 1 atom stereocenters. The van der Waals surface area contributed by atoms with Gasteiger partial charge in [0.15, 0.2) is 0 Å². The van der Waals surface area contributed by atoms with Crippen LogP contribution in [0.5, 0.6) is 5.75 Å². The van der Waals surface area contributed by atoms with Gasteiger partial charge in [0.05, 0.1) is 18.1 Å². The van der Waals surface area contributed by atoms with Gasteiger partial charge in [-0.2, -0.15) is 0 Å². The Morgan fingerprint density at radius 1 is 1.33 bits per heavy atom. The molecule has 100 valence electrons. The molecular weight excluding hydrogens is 254 g/mol. The van der Waals surface area contributed by atoms with Crippen LogP contribution in [0.1, 0.15) is 17.5 Å². The Labute approximate surface area is 107 Å².